The zero-order valence-electron chi connectivity index (χ0n) is 26.5. The van der Waals surface area contributed by atoms with Gasteiger partial charge < -0.3 is 41.4 Å². The van der Waals surface area contributed by atoms with E-state index in [9.17, 15) is 19.2 Å². The zero-order chi connectivity index (χ0) is 31.0. The van der Waals surface area contributed by atoms with E-state index >= 15 is 0 Å². The lowest BCUT2D eigenvalue weighted by Gasteiger charge is -2.27. The molecule has 234 valence electrons. The summed E-state index contributed by atoms with van der Waals surface area (Å²) in [6, 6.07) is 0. The first-order valence-electron chi connectivity index (χ1n) is 14.3. The smallest absolute Gasteiger partial charge is 0.408 e. The van der Waals surface area contributed by atoms with Crippen LogP contribution in [-0.4, -0.2) is 85.5 Å². The Bertz CT molecular complexity index is 736. The summed E-state index contributed by atoms with van der Waals surface area (Å²) in [6.07, 6.45) is 2.36. The average Bonchev–Trinajstić information content (AvgIpc) is 2.75. The van der Waals surface area contributed by atoms with Crippen LogP contribution in [0, 0.1) is 0 Å². The number of nitrogens with one attached hydrogen (secondary N) is 6. The van der Waals surface area contributed by atoms with Crippen LogP contribution >= 0.6 is 0 Å². The summed E-state index contributed by atoms with van der Waals surface area (Å²) >= 11 is 0. The third-order valence-electron chi connectivity index (χ3n) is 5.35. The topological polar surface area (TPSA) is 159 Å². The second kappa shape index (κ2) is 17.3. The summed E-state index contributed by atoms with van der Waals surface area (Å²) < 4.78 is 10.4. The van der Waals surface area contributed by atoms with Gasteiger partial charge in [-0.25, -0.2) is 9.59 Å². The predicted molar refractivity (Wildman–Crippen MR) is 157 cm³/mol. The Kier molecular flexibility index (Phi) is 16.1. The molecule has 0 rings (SSSR count). The fourth-order valence-corrected chi connectivity index (χ4v) is 3.25. The first-order valence-corrected chi connectivity index (χ1v) is 14.3. The van der Waals surface area contributed by atoms with Crippen molar-refractivity contribution < 1.29 is 28.7 Å². The van der Waals surface area contributed by atoms with E-state index in [-0.39, 0.29) is 11.8 Å². The van der Waals surface area contributed by atoms with Crippen LogP contribution in [0.15, 0.2) is 0 Å². The minimum absolute atomic E-state index is 0.259. The van der Waals surface area contributed by atoms with E-state index in [0.717, 1.165) is 51.9 Å². The minimum Gasteiger partial charge on any atom is -0.444 e. The number of alkyl carbamates (subject to hydrolysis) is 2. The molecule has 0 aromatic heterocycles. The first kappa shape index (κ1) is 37.4. The second-order valence-corrected chi connectivity index (χ2v) is 12.9. The molecule has 12 nitrogen and oxygen atoms in total. The molecule has 0 spiro atoms. The Morgan fingerprint density at radius 2 is 0.775 bits per heavy atom. The molecule has 0 aliphatic carbocycles. The number of carbonyl (C=O) groups is 4. The van der Waals surface area contributed by atoms with Gasteiger partial charge in [-0.3, -0.25) is 9.59 Å². The molecule has 0 saturated carbocycles. The van der Waals surface area contributed by atoms with Crippen molar-refractivity contribution in [3.05, 3.63) is 0 Å². The quantitative estimate of drug-likeness (QED) is 0.145. The number of unbranched alkanes of at least 4 members (excludes halogenated alkanes) is 1. The lowest BCUT2D eigenvalue weighted by atomic mass is 10.1. The molecule has 4 amide bonds. The third-order valence-corrected chi connectivity index (χ3v) is 5.35. The highest BCUT2D eigenvalue weighted by atomic mass is 16.6. The summed E-state index contributed by atoms with van der Waals surface area (Å²) in [5.74, 6) is -0.518. The second-order valence-electron chi connectivity index (χ2n) is 12.9. The minimum atomic E-state index is -1.07. The maximum atomic E-state index is 12.4. The molecule has 0 aromatic carbocycles. The lowest BCUT2D eigenvalue weighted by Crippen LogP contribution is -2.55. The summed E-state index contributed by atoms with van der Waals surface area (Å²) in [7, 11) is 0. The third kappa shape index (κ3) is 19.5. The Balaban J connectivity index is 3.78. The number of ether oxygens (including phenoxy) is 2. The van der Waals surface area contributed by atoms with Crippen molar-refractivity contribution in [2.75, 3.05) is 39.3 Å². The predicted octanol–water partition coefficient (Wildman–Crippen LogP) is 2.57. The molecule has 0 fully saturated rings. The normalized spacial score (nSPS) is 12.3. The van der Waals surface area contributed by atoms with Crippen LogP contribution in [0.4, 0.5) is 9.59 Å². The zero-order valence-corrected chi connectivity index (χ0v) is 26.5. The SMILES string of the molecule is CC(C)(C)OC(=O)NC(C)(C)C(=O)NCCCNCCCCNCCCNC(=O)C(C)(C)NC(=O)OC(C)(C)C. The highest BCUT2D eigenvalue weighted by Gasteiger charge is 2.32. The van der Waals surface area contributed by atoms with E-state index in [2.05, 4.69) is 31.9 Å². The van der Waals surface area contributed by atoms with Gasteiger partial charge in [0.15, 0.2) is 0 Å². The van der Waals surface area contributed by atoms with Crippen LogP contribution in [0.1, 0.15) is 94.9 Å². The van der Waals surface area contributed by atoms with Crippen molar-refractivity contribution in [3.8, 4) is 0 Å². The molecule has 0 unspecified atom stereocenters. The van der Waals surface area contributed by atoms with E-state index in [1.807, 2.05) is 0 Å². The van der Waals surface area contributed by atoms with Gasteiger partial charge in [0.1, 0.15) is 22.3 Å². The Hall–Kier alpha value is -2.60. The lowest BCUT2D eigenvalue weighted by molar-refractivity contribution is -0.127. The van der Waals surface area contributed by atoms with Crippen molar-refractivity contribution in [2.24, 2.45) is 0 Å². The Morgan fingerprint density at radius 1 is 0.475 bits per heavy atom. The van der Waals surface area contributed by atoms with E-state index in [1.165, 1.54) is 0 Å². The molecule has 0 saturated heterocycles. The standard InChI is InChI=1S/C28H56N6O6/c1-25(2,3)39-23(37)33-27(7,8)21(35)31-19-13-17-29-15-11-12-16-30-18-14-20-32-22(36)28(9,10)34-24(38)40-26(4,5)6/h29-30H,11-20H2,1-10H3,(H,31,35)(H,32,36)(H,33,37)(H,34,38). The average molecular weight is 573 g/mol. The van der Waals surface area contributed by atoms with Gasteiger partial charge in [-0.15, -0.1) is 0 Å². The van der Waals surface area contributed by atoms with Crippen LogP contribution in [0.2, 0.25) is 0 Å². The monoisotopic (exact) mass is 572 g/mol. The molecule has 0 heterocycles. The van der Waals surface area contributed by atoms with Gasteiger partial charge in [-0.1, -0.05) is 0 Å². The largest absolute Gasteiger partial charge is 0.444 e. The first-order chi connectivity index (χ1) is 18.3. The van der Waals surface area contributed by atoms with Crippen molar-refractivity contribution in [2.45, 2.75) is 117 Å². The van der Waals surface area contributed by atoms with Crippen LogP contribution in [-0.2, 0) is 19.1 Å². The summed E-state index contributed by atoms with van der Waals surface area (Å²) in [5.41, 5.74) is -3.38. The molecule has 0 radical (unpaired) electrons. The Labute approximate surface area is 241 Å². The van der Waals surface area contributed by atoms with Gasteiger partial charge in [-0.05, 0) is 121 Å². The fraction of sp³-hybridized carbons (Fsp3) is 0.857. The van der Waals surface area contributed by atoms with Gasteiger partial charge in [0.25, 0.3) is 0 Å². The van der Waals surface area contributed by atoms with E-state index in [0.29, 0.717) is 13.1 Å². The van der Waals surface area contributed by atoms with Crippen molar-refractivity contribution in [1.29, 1.82) is 0 Å². The van der Waals surface area contributed by atoms with E-state index in [4.69, 9.17) is 9.47 Å². The molecular weight excluding hydrogens is 516 g/mol. The van der Waals surface area contributed by atoms with Gasteiger partial charge in [-0.2, -0.15) is 0 Å². The van der Waals surface area contributed by atoms with Crippen LogP contribution in [0.3, 0.4) is 0 Å². The van der Waals surface area contributed by atoms with Gasteiger partial charge in [0.05, 0.1) is 0 Å². The highest BCUT2D eigenvalue weighted by Crippen LogP contribution is 2.10. The van der Waals surface area contributed by atoms with Gasteiger partial charge in [0.2, 0.25) is 11.8 Å². The molecule has 0 aliphatic heterocycles. The maximum Gasteiger partial charge on any atom is 0.408 e. The van der Waals surface area contributed by atoms with Gasteiger partial charge >= 0.3 is 12.2 Å². The molecule has 0 atom stereocenters. The van der Waals surface area contributed by atoms with E-state index < -0.39 is 34.5 Å². The number of rotatable bonds is 17. The molecule has 0 bridgehead atoms. The summed E-state index contributed by atoms with van der Waals surface area (Å²) in [5, 5.41) is 17.6. The molecular formula is C28H56N6O6. The van der Waals surface area contributed by atoms with Gasteiger partial charge in [0, 0.05) is 13.1 Å². The van der Waals surface area contributed by atoms with Crippen LogP contribution in [0.25, 0.3) is 0 Å². The summed E-state index contributed by atoms with van der Waals surface area (Å²) in [4.78, 5) is 48.6. The molecule has 12 heteroatoms. The fourth-order valence-electron chi connectivity index (χ4n) is 3.25. The number of hydrogen-bond acceptors (Lipinski definition) is 8. The Morgan fingerprint density at radius 3 is 1.07 bits per heavy atom. The molecule has 0 aliphatic rings. The maximum absolute atomic E-state index is 12.4. The van der Waals surface area contributed by atoms with E-state index in [1.54, 1.807) is 69.2 Å². The molecule has 6 N–H and O–H groups in total. The number of amides is 4. The summed E-state index contributed by atoms with van der Waals surface area (Å²) in [6.45, 7) is 21.5. The van der Waals surface area contributed by atoms with Crippen LogP contribution in [0.5, 0.6) is 0 Å². The molecule has 40 heavy (non-hydrogen) atoms. The number of hydrogen-bond donors (Lipinski definition) is 6. The van der Waals surface area contributed by atoms with Crippen LogP contribution < -0.4 is 31.9 Å². The van der Waals surface area contributed by atoms with Crippen molar-refractivity contribution in [1.82, 2.24) is 31.9 Å². The van der Waals surface area contributed by atoms with Crippen molar-refractivity contribution in [3.63, 3.8) is 0 Å². The highest BCUT2D eigenvalue weighted by molar-refractivity contribution is 5.89. The molecule has 0 aromatic rings. The number of carbonyl (C=O) groups excluding carboxylic acids is 4. The van der Waals surface area contributed by atoms with Crippen molar-refractivity contribution >= 4 is 24.0 Å².